The van der Waals surface area contributed by atoms with Gasteiger partial charge in [-0.05, 0) is 49.8 Å². The van der Waals surface area contributed by atoms with Gasteiger partial charge in [0.2, 0.25) is 5.60 Å². The van der Waals surface area contributed by atoms with E-state index >= 15 is 0 Å². The van der Waals surface area contributed by atoms with Gasteiger partial charge in [0.05, 0.1) is 5.69 Å². The Hall–Kier alpha value is -5.57. The van der Waals surface area contributed by atoms with Crippen molar-refractivity contribution in [2.75, 3.05) is 11.9 Å². The number of nitrogens with zero attached hydrogens (tertiary/aromatic N) is 4. The molecule has 1 saturated heterocycles. The van der Waals surface area contributed by atoms with Crippen LogP contribution in [0.25, 0.3) is 5.52 Å². The summed E-state index contributed by atoms with van der Waals surface area (Å²) in [6, 6.07) is 13.0. The Bertz CT molecular complexity index is 2000. The highest BCUT2D eigenvalue weighted by Gasteiger charge is 2.60. The van der Waals surface area contributed by atoms with Crippen molar-refractivity contribution in [3.63, 3.8) is 0 Å². The Morgan fingerprint density at radius 2 is 1.90 bits per heavy atom. The van der Waals surface area contributed by atoms with Crippen LogP contribution in [0.2, 0.25) is 0 Å². The van der Waals surface area contributed by atoms with Crippen molar-refractivity contribution in [1.29, 1.82) is 5.26 Å². The zero-order valence-electron chi connectivity index (χ0n) is 28.3. The number of esters is 2. The highest BCUT2D eigenvalue weighted by atomic mass is 16.6. The van der Waals surface area contributed by atoms with E-state index in [1.165, 1.54) is 23.6 Å². The number of aliphatic hydroxyl groups excluding tert-OH is 1. The molecule has 0 bridgehead atoms. The molecule has 17 heteroatoms. The molecule has 1 saturated carbocycles. The van der Waals surface area contributed by atoms with Gasteiger partial charge < -0.3 is 38.6 Å². The van der Waals surface area contributed by atoms with Crippen LogP contribution in [0.3, 0.4) is 0 Å². The van der Waals surface area contributed by atoms with Crippen molar-refractivity contribution in [3.05, 3.63) is 82.2 Å². The molecule has 17 nitrogen and oxygen atoms in total. The van der Waals surface area contributed by atoms with E-state index in [4.69, 9.17) is 33.5 Å². The zero-order valence-corrected chi connectivity index (χ0v) is 28.3. The number of aromatic nitrogens is 3. The predicted octanol–water partition coefficient (Wildman–Crippen LogP) is 2.81. The molecule has 52 heavy (non-hydrogen) atoms. The number of amides is 1. The van der Waals surface area contributed by atoms with Gasteiger partial charge in [-0.15, -0.1) is 0 Å². The molecule has 4 N–H and O–H groups in total. The fourth-order valence-corrected chi connectivity index (χ4v) is 6.57. The largest absolute Gasteiger partial charge is 0.519 e. The van der Waals surface area contributed by atoms with Gasteiger partial charge in [0.1, 0.15) is 42.8 Å². The van der Waals surface area contributed by atoms with Crippen molar-refractivity contribution in [2.45, 2.75) is 88.4 Å². The van der Waals surface area contributed by atoms with Gasteiger partial charge in [-0.25, -0.2) is 19.1 Å². The smallest absolute Gasteiger partial charge is 0.462 e. The van der Waals surface area contributed by atoms with Crippen LogP contribution in [0.1, 0.15) is 61.3 Å². The number of fused-ring (bicyclic) bond motifs is 1. The first-order chi connectivity index (χ1) is 25.1. The Labute approximate surface area is 296 Å². The second-order valence-corrected chi connectivity index (χ2v) is 12.8. The van der Waals surface area contributed by atoms with Crippen LogP contribution in [-0.2, 0) is 47.2 Å². The lowest BCUT2D eigenvalue weighted by molar-refractivity contribution is -0.161. The molecule has 5 atom stereocenters. The molecule has 1 aliphatic carbocycles. The molecule has 1 aromatic carbocycles. The number of carbonyl (C=O) groups is 3. The molecule has 3 aromatic heterocycles. The van der Waals surface area contributed by atoms with E-state index in [1.54, 1.807) is 0 Å². The number of hydrogen-bond acceptors (Lipinski definition) is 15. The van der Waals surface area contributed by atoms with E-state index < -0.39 is 67.0 Å². The van der Waals surface area contributed by atoms with Gasteiger partial charge in [-0.2, -0.15) is 10.4 Å². The number of anilines is 1. The lowest BCUT2D eigenvalue weighted by Crippen LogP contribution is -2.43. The summed E-state index contributed by atoms with van der Waals surface area (Å²) < 4.78 is 33.5. The number of rotatable bonds is 12. The molecule has 4 heterocycles. The van der Waals surface area contributed by atoms with Crippen LogP contribution < -0.4 is 16.9 Å². The summed E-state index contributed by atoms with van der Waals surface area (Å²) in [5, 5.41) is 29.0. The third-order valence-corrected chi connectivity index (χ3v) is 9.26. The van der Waals surface area contributed by atoms with E-state index in [1.807, 2.05) is 36.4 Å². The molecule has 6 rings (SSSR count). The number of aliphatic hydroxyl groups is 1. The maximum absolute atomic E-state index is 13.2. The molecule has 0 spiro atoms. The van der Waals surface area contributed by atoms with Crippen LogP contribution in [0.4, 0.5) is 10.6 Å². The van der Waals surface area contributed by atoms with Gasteiger partial charge in [0.15, 0.2) is 30.0 Å². The number of nitrogens with two attached hydrogens (primary N) is 1. The minimum Gasteiger partial charge on any atom is -0.462 e. The molecular formula is C35H38N6O11. The summed E-state index contributed by atoms with van der Waals surface area (Å²) in [7, 11) is 0. The van der Waals surface area contributed by atoms with E-state index in [2.05, 4.69) is 15.4 Å². The standard InChI is InChI=1S/C35H38N6O11/c1-20-25(50-34(46)49-20)16-48-33(45)40-31-24-12-13-27(41(24)39-19-38-31)35(18-36)30(43)29(51-28(42)15-22-10-6-3-7-11-22)26(52-35)17-47-32(44)23(37)14-21-8-4-2-5-9-21/h2,4-5,8-9,12-13,19,22-23,26,29-30,43H,3,6-7,10-11,14-17,37H2,1H3,(H,38,39,40,45)/t23-,26+,29+,30+,35-/m0/s1. The van der Waals surface area contributed by atoms with Crippen molar-refractivity contribution >= 4 is 29.4 Å². The van der Waals surface area contributed by atoms with Crippen LogP contribution >= 0.6 is 0 Å². The number of nitriles is 1. The summed E-state index contributed by atoms with van der Waals surface area (Å²) in [4.78, 5) is 54.2. The molecule has 274 valence electrons. The Morgan fingerprint density at radius 3 is 2.62 bits per heavy atom. The summed E-state index contributed by atoms with van der Waals surface area (Å²) in [5.41, 5.74) is 4.95. The van der Waals surface area contributed by atoms with E-state index in [9.17, 15) is 29.5 Å². The van der Waals surface area contributed by atoms with Crippen LogP contribution in [0.5, 0.6) is 0 Å². The summed E-state index contributed by atoms with van der Waals surface area (Å²) in [6.45, 7) is 0.578. The van der Waals surface area contributed by atoms with Gasteiger partial charge in [-0.1, -0.05) is 49.6 Å². The zero-order chi connectivity index (χ0) is 36.8. The molecule has 4 aromatic rings. The first kappa shape index (κ1) is 36.2. The van der Waals surface area contributed by atoms with Crippen molar-refractivity contribution in [1.82, 2.24) is 14.6 Å². The maximum atomic E-state index is 13.2. The van der Waals surface area contributed by atoms with Crippen molar-refractivity contribution < 1.29 is 47.3 Å². The minimum atomic E-state index is -2.19. The molecule has 0 unspecified atom stereocenters. The van der Waals surface area contributed by atoms with Crippen LogP contribution in [0, 0.1) is 24.2 Å². The quantitative estimate of drug-likeness (QED) is 0.141. The molecule has 0 radical (unpaired) electrons. The Morgan fingerprint density at radius 1 is 1.13 bits per heavy atom. The number of nitrogens with one attached hydrogen (secondary N) is 1. The molecule has 2 fully saturated rings. The fourth-order valence-electron chi connectivity index (χ4n) is 6.57. The second-order valence-electron chi connectivity index (χ2n) is 12.8. The number of benzene rings is 1. The Kier molecular flexibility index (Phi) is 11.0. The van der Waals surface area contributed by atoms with Crippen molar-refractivity contribution in [3.8, 4) is 6.07 Å². The minimum absolute atomic E-state index is 0.00931. The topological polar surface area (TPSA) is 244 Å². The van der Waals surface area contributed by atoms with Gasteiger partial charge >= 0.3 is 23.9 Å². The number of aryl methyl sites for hydroxylation is 1. The summed E-state index contributed by atoms with van der Waals surface area (Å²) in [5.74, 6) is -2.01. The maximum Gasteiger partial charge on any atom is 0.519 e. The highest BCUT2D eigenvalue weighted by molar-refractivity contribution is 5.88. The lowest BCUT2D eigenvalue weighted by Gasteiger charge is -2.25. The SMILES string of the molecule is Cc1oc(=O)oc1COC(=O)Nc1ncnn2c([C@]3(C#N)O[C@H](COC(=O)[C@@H](N)Cc4ccccc4)[C@@H](OC(=O)CC4CCCCC4)[C@H]3O)ccc12. The van der Waals surface area contributed by atoms with E-state index in [0.29, 0.717) is 0 Å². The number of ether oxygens (including phenoxy) is 4. The van der Waals surface area contributed by atoms with Crippen molar-refractivity contribution in [2.24, 2.45) is 11.7 Å². The summed E-state index contributed by atoms with van der Waals surface area (Å²) >= 11 is 0. The van der Waals surface area contributed by atoms with E-state index in [-0.39, 0.29) is 47.3 Å². The Balaban J connectivity index is 1.22. The highest BCUT2D eigenvalue weighted by Crippen LogP contribution is 2.42. The van der Waals surface area contributed by atoms with Gasteiger partial charge in [-0.3, -0.25) is 14.9 Å². The molecular weight excluding hydrogens is 680 g/mol. The second kappa shape index (κ2) is 15.8. The lowest BCUT2D eigenvalue weighted by atomic mass is 9.87. The molecule has 1 aliphatic heterocycles. The average molecular weight is 719 g/mol. The first-order valence-corrected chi connectivity index (χ1v) is 16.9. The summed E-state index contributed by atoms with van der Waals surface area (Å²) in [6.07, 6.45) is 0.859. The third-order valence-electron chi connectivity index (χ3n) is 9.26. The monoisotopic (exact) mass is 718 g/mol. The normalized spacial score (nSPS) is 22.4. The van der Waals surface area contributed by atoms with Gasteiger partial charge in [0.25, 0.3) is 0 Å². The number of hydrogen-bond donors (Lipinski definition) is 3. The molecule has 1 amide bonds. The predicted molar refractivity (Wildman–Crippen MR) is 177 cm³/mol. The third kappa shape index (κ3) is 7.83. The average Bonchev–Trinajstić information content (AvgIpc) is 3.80. The first-order valence-electron chi connectivity index (χ1n) is 16.9. The fraction of sp³-hybridized carbons (Fsp3) is 0.457. The van der Waals surface area contributed by atoms with Gasteiger partial charge in [0, 0.05) is 6.42 Å². The molecule has 2 aliphatic rings. The van der Waals surface area contributed by atoms with Crippen LogP contribution in [-0.4, -0.2) is 68.7 Å². The van der Waals surface area contributed by atoms with E-state index in [0.717, 1.165) is 44.0 Å². The van der Waals surface area contributed by atoms with Crippen LogP contribution in [0.15, 0.2) is 62.4 Å². The number of carbonyl (C=O) groups excluding carboxylic acids is 3.